The second kappa shape index (κ2) is 7.89. The van der Waals surface area contributed by atoms with Crippen molar-refractivity contribution in [2.24, 2.45) is 0 Å². The van der Waals surface area contributed by atoms with Gasteiger partial charge in [-0.2, -0.15) is 0 Å². The quantitative estimate of drug-likeness (QED) is 0.530. The van der Waals surface area contributed by atoms with E-state index in [-0.39, 0.29) is 17.4 Å². The van der Waals surface area contributed by atoms with Crippen LogP contribution in [0.25, 0.3) is 10.2 Å². The van der Waals surface area contributed by atoms with Crippen molar-refractivity contribution >= 4 is 27.5 Å². The molecule has 0 aliphatic rings. The van der Waals surface area contributed by atoms with Crippen LogP contribution in [-0.4, -0.2) is 20.6 Å². The van der Waals surface area contributed by atoms with Crippen LogP contribution in [0.3, 0.4) is 0 Å². The van der Waals surface area contributed by atoms with Crippen LogP contribution in [-0.2, 0) is 6.54 Å². The van der Waals surface area contributed by atoms with Crippen molar-refractivity contribution in [2.75, 3.05) is 0 Å². The van der Waals surface area contributed by atoms with Crippen LogP contribution in [0.15, 0.2) is 71.1 Å². The summed E-state index contributed by atoms with van der Waals surface area (Å²) in [6.07, 6.45) is 3.28. The molecule has 3 aromatic heterocycles. The van der Waals surface area contributed by atoms with Crippen LogP contribution >= 0.6 is 11.3 Å². The molecular weight excluding hydrogens is 386 g/mol. The molecule has 1 atom stereocenters. The Morgan fingerprint density at radius 3 is 2.62 bits per heavy atom. The summed E-state index contributed by atoms with van der Waals surface area (Å²) in [6, 6.07) is 14.6. The molecule has 4 aromatic rings. The van der Waals surface area contributed by atoms with E-state index in [4.69, 9.17) is 0 Å². The zero-order chi connectivity index (χ0) is 20.4. The second-order valence-electron chi connectivity index (χ2n) is 6.71. The lowest BCUT2D eigenvalue weighted by molar-refractivity contribution is 0.0935. The molecule has 1 aromatic carbocycles. The molecule has 0 aliphatic carbocycles. The van der Waals surface area contributed by atoms with Crippen LogP contribution in [0.4, 0.5) is 0 Å². The fraction of sp³-hybridized carbons (Fsp3) is 0.136. The average Bonchev–Trinajstić information content (AvgIpc) is 3.23. The van der Waals surface area contributed by atoms with E-state index in [2.05, 4.69) is 10.3 Å². The SMILES string of the molecule is CC(NC(=O)c1c(O)c2sccc2n(Cc2ccccc2)c1=O)c1ccncc1. The molecule has 2 N–H and O–H groups in total. The number of aromatic nitrogens is 2. The smallest absolute Gasteiger partial charge is 0.268 e. The number of hydrogen-bond acceptors (Lipinski definition) is 5. The molecule has 0 aliphatic heterocycles. The third kappa shape index (κ3) is 3.64. The van der Waals surface area contributed by atoms with Crippen molar-refractivity contribution < 1.29 is 9.90 Å². The van der Waals surface area contributed by atoms with Crippen LogP contribution in [0.1, 0.15) is 34.5 Å². The number of nitrogens with zero attached hydrogens (tertiary/aromatic N) is 2. The summed E-state index contributed by atoms with van der Waals surface area (Å²) in [6.45, 7) is 2.13. The number of nitrogens with one attached hydrogen (secondary N) is 1. The van der Waals surface area contributed by atoms with Gasteiger partial charge in [0.05, 0.1) is 22.8 Å². The minimum Gasteiger partial charge on any atom is -0.505 e. The molecule has 0 fully saturated rings. The summed E-state index contributed by atoms with van der Waals surface area (Å²) >= 11 is 1.30. The summed E-state index contributed by atoms with van der Waals surface area (Å²) in [5.74, 6) is -0.877. The number of benzene rings is 1. The summed E-state index contributed by atoms with van der Waals surface area (Å²) < 4.78 is 2.05. The third-order valence-corrected chi connectivity index (χ3v) is 5.72. The van der Waals surface area contributed by atoms with E-state index in [1.165, 1.54) is 15.9 Å². The maximum absolute atomic E-state index is 13.2. The van der Waals surface area contributed by atoms with Crippen LogP contribution < -0.4 is 10.9 Å². The number of hydrogen-bond donors (Lipinski definition) is 2. The average molecular weight is 405 g/mol. The molecule has 1 unspecified atom stereocenters. The molecule has 146 valence electrons. The number of aromatic hydroxyl groups is 1. The molecule has 3 heterocycles. The molecule has 29 heavy (non-hydrogen) atoms. The Bertz CT molecular complexity index is 1220. The maximum atomic E-state index is 13.2. The van der Waals surface area contributed by atoms with Crippen molar-refractivity contribution in [1.82, 2.24) is 14.9 Å². The lowest BCUT2D eigenvalue weighted by Gasteiger charge is -2.16. The zero-order valence-electron chi connectivity index (χ0n) is 15.7. The highest BCUT2D eigenvalue weighted by atomic mass is 32.1. The van der Waals surface area contributed by atoms with E-state index in [0.717, 1.165) is 11.1 Å². The highest BCUT2D eigenvalue weighted by Crippen LogP contribution is 2.31. The molecule has 6 nitrogen and oxygen atoms in total. The highest BCUT2D eigenvalue weighted by Gasteiger charge is 2.24. The molecule has 0 saturated carbocycles. The van der Waals surface area contributed by atoms with Gasteiger partial charge in [0.25, 0.3) is 11.5 Å². The summed E-state index contributed by atoms with van der Waals surface area (Å²) in [7, 11) is 0. The van der Waals surface area contributed by atoms with E-state index in [9.17, 15) is 14.7 Å². The van der Waals surface area contributed by atoms with Crippen molar-refractivity contribution in [3.05, 3.63) is 93.3 Å². The molecule has 0 bridgehead atoms. The van der Waals surface area contributed by atoms with E-state index >= 15 is 0 Å². The van der Waals surface area contributed by atoms with Gasteiger partial charge in [0.2, 0.25) is 0 Å². The van der Waals surface area contributed by atoms with Crippen LogP contribution in [0, 0.1) is 0 Å². The fourth-order valence-electron chi connectivity index (χ4n) is 3.28. The van der Waals surface area contributed by atoms with E-state index < -0.39 is 11.5 Å². The van der Waals surface area contributed by atoms with Gasteiger partial charge >= 0.3 is 0 Å². The number of rotatable bonds is 5. The Labute approximate surface area is 171 Å². The van der Waals surface area contributed by atoms with Crippen molar-refractivity contribution in [2.45, 2.75) is 19.5 Å². The van der Waals surface area contributed by atoms with Gasteiger partial charge in [-0.25, -0.2) is 0 Å². The molecule has 0 spiro atoms. The van der Waals surface area contributed by atoms with Crippen molar-refractivity contribution in [3.8, 4) is 5.75 Å². The molecule has 4 rings (SSSR count). The predicted octanol–water partition coefficient (Wildman–Crippen LogP) is 3.70. The Hall–Kier alpha value is -3.45. The first-order valence-corrected chi connectivity index (χ1v) is 10.0. The predicted molar refractivity (Wildman–Crippen MR) is 113 cm³/mol. The maximum Gasteiger partial charge on any atom is 0.268 e. The van der Waals surface area contributed by atoms with Gasteiger partial charge < -0.3 is 15.0 Å². The van der Waals surface area contributed by atoms with Gasteiger partial charge in [0.1, 0.15) is 5.56 Å². The van der Waals surface area contributed by atoms with Gasteiger partial charge in [-0.05, 0) is 41.6 Å². The highest BCUT2D eigenvalue weighted by molar-refractivity contribution is 7.17. The molecular formula is C22H19N3O3S. The van der Waals surface area contributed by atoms with Crippen LogP contribution in [0.2, 0.25) is 0 Å². The van der Waals surface area contributed by atoms with E-state index in [1.807, 2.05) is 37.3 Å². The van der Waals surface area contributed by atoms with E-state index in [1.54, 1.807) is 36.0 Å². The van der Waals surface area contributed by atoms with E-state index in [0.29, 0.717) is 16.8 Å². The Kier molecular flexibility index (Phi) is 5.14. The number of carbonyl (C=O) groups is 1. The molecule has 1 amide bonds. The van der Waals surface area contributed by atoms with Gasteiger partial charge in [-0.3, -0.25) is 14.6 Å². The molecule has 0 saturated heterocycles. The largest absolute Gasteiger partial charge is 0.505 e. The first-order chi connectivity index (χ1) is 14.1. The fourth-order valence-corrected chi connectivity index (χ4v) is 4.13. The van der Waals surface area contributed by atoms with Gasteiger partial charge in [0.15, 0.2) is 5.75 Å². The van der Waals surface area contributed by atoms with Crippen molar-refractivity contribution in [1.29, 1.82) is 0 Å². The topological polar surface area (TPSA) is 84.2 Å². The Balaban J connectivity index is 1.76. The first-order valence-electron chi connectivity index (χ1n) is 9.14. The standard InChI is InChI=1S/C22H19N3O3S/c1-14(16-7-10-23-11-8-16)24-21(27)18-19(26)20-17(9-12-29-20)25(22(18)28)13-15-5-3-2-4-6-15/h2-12,14,26H,13H2,1H3,(H,24,27). The number of amides is 1. The van der Waals surface area contributed by atoms with Crippen LogP contribution in [0.5, 0.6) is 5.75 Å². The Morgan fingerprint density at radius 2 is 1.90 bits per heavy atom. The lowest BCUT2D eigenvalue weighted by atomic mass is 10.1. The third-order valence-electron chi connectivity index (χ3n) is 4.81. The summed E-state index contributed by atoms with van der Waals surface area (Å²) in [4.78, 5) is 30.1. The van der Waals surface area contributed by atoms with Gasteiger partial charge in [-0.15, -0.1) is 11.3 Å². The lowest BCUT2D eigenvalue weighted by Crippen LogP contribution is -2.34. The normalized spacial score (nSPS) is 12.0. The first kappa shape index (κ1) is 18.9. The minimum absolute atomic E-state index is 0.239. The van der Waals surface area contributed by atoms with Crippen molar-refractivity contribution in [3.63, 3.8) is 0 Å². The molecule has 7 heteroatoms. The number of thiophene rings is 1. The minimum atomic E-state index is -0.603. The number of carbonyl (C=O) groups excluding carboxylic acids is 1. The van der Waals surface area contributed by atoms with Gasteiger partial charge in [-0.1, -0.05) is 30.3 Å². The Morgan fingerprint density at radius 1 is 1.17 bits per heavy atom. The second-order valence-corrected chi connectivity index (χ2v) is 7.63. The molecule has 0 radical (unpaired) electrons. The zero-order valence-corrected chi connectivity index (χ0v) is 16.5. The van der Waals surface area contributed by atoms with Gasteiger partial charge in [0, 0.05) is 12.4 Å². The number of fused-ring (bicyclic) bond motifs is 1. The summed E-state index contributed by atoms with van der Waals surface area (Å²) in [5, 5.41) is 15.3. The summed E-state index contributed by atoms with van der Waals surface area (Å²) in [5.41, 5.74) is 1.65. The monoisotopic (exact) mass is 405 g/mol. The number of pyridine rings is 2.